The first-order valence-corrected chi connectivity index (χ1v) is 6.39. The Morgan fingerprint density at radius 3 is 2.67 bits per heavy atom. The maximum atomic E-state index is 13.8. The molecule has 2 aromatic rings. The number of halogens is 1. The van der Waals surface area contributed by atoms with Gasteiger partial charge >= 0.3 is 0 Å². The van der Waals surface area contributed by atoms with Gasteiger partial charge in [-0.15, -0.1) is 0 Å². The van der Waals surface area contributed by atoms with Crippen molar-refractivity contribution < 1.29 is 14.1 Å². The van der Waals surface area contributed by atoms with Crippen LogP contribution in [0.15, 0.2) is 42.5 Å². The van der Waals surface area contributed by atoms with E-state index in [9.17, 15) is 14.5 Å². The van der Waals surface area contributed by atoms with Gasteiger partial charge in [0, 0.05) is 23.7 Å². The first-order chi connectivity index (χ1) is 9.99. The third-order valence-corrected chi connectivity index (χ3v) is 3.05. The summed E-state index contributed by atoms with van der Waals surface area (Å²) in [5, 5.41) is 10.9. The van der Waals surface area contributed by atoms with Crippen LogP contribution in [-0.2, 0) is 6.61 Å². The minimum Gasteiger partial charge on any atom is -0.489 e. The Morgan fingerprint density at radius 1 is 1.33 bits per heavy atom. The van der Waals surface area contributed by atoms with Crippen molar-refractivity contribution in [3.05, 3.63) is 69.5 Å². The van der Waals surface area contributed by atoms with Crippen molar-refractivity contribution in [2.24, 2.45) is 5.73 Å². The molecule has 0 spiro atoms. The molecule has 2 rings (SSSR count). The molecule has 21 heavy (non-hydrogen) atoms. The van der Waals surface area contributed by atoms with E-state index in [1.54, 1.807) is 37.3 Å². The summed E-state index contributed by atoms with van der Waals surface area (Å²) in [6, 6.07) is 10.2. The van der Waals surface area contributed by atoms with E-state index < -0.39 is 16.8 Å². The van der Waals surface area contributed by atoms with Crippen LogP contribution in [0.3, 0.4) is 0 Å². The fraction of sp³-hybridized carbons (Fsp3) is 0.200. The summed E-state index contributed by atoms with van der Waals surface area (Å²) >= 11 is 0. The number of nitrogens with two attached hydrogens (primary N) is 1. The lowest BCUT2D eigenvalue weighted by molar-refractivity contribution is -0.385. The van der Waals surface area contributed by atoms with Gasteiger partial charge < -0.3 is 10.5 Å². The normalized spacial score (nSPS) is 12.0. The number of nitro benzene ring substituents is 1. The van der Waals surface area contributed by atoms with Crippen molar-refractivity contribution in [2.75, 3.05) is 0 Å². The SMILES string of the molecule is C[C@@H](N)c1ccc(OCc2ccccc2[N+](=O)[O-])cc1F. The molecule has 6 heteroatoms. The van der Waals surface area contributed by atoms with E-state index in [0.717, 1.165) is 0 Å². The third kappa shape index (κ3) is 3.55. The van der Waals surface area contributed by atoms with Gasteiger partial charge in [-0.05, 0) is 19.1 Å². The molecular formula is C15H15FN2O3. The highest BCUT2D eigenvalue weighted by molar-refractivity contribution is 5.40. The monoisotopic (exact) mass is 290 g/mol. The van der Waals surface area contributed by atoms with Crippen LogP contribution in [0.25, 0.3) is 0 Å². The maximum absolute atomic E-state index is 13.8. The molecular weight excluding hydrogens is 275 g/mol. The topological polar surface area (TPSA) is 78.4 Å². The minimum atomic E-state index is -0.474. The summed E-state index contributed by atoms with van der Waals surface area (Å²) in [6.45, 7) is 1.68. The van der Waals surface area contributed by atoms with Crippen LogP contribution in [-0.4, -0.2) is 4.92 Å². The van der Waals surface area contributed by atoms with Crippen LogP contribution < -0.4 is 10.5 Å². The molecule has 0 saturated heterocycles. The van der Waals surface area contributed by atoms with E-state index >= 15 is 0 Å². The minimum absolute atomic E-state index is 0.00583. The average molecular weight is 290 g/mol. The molecule has 0 fully saturated rings. The Kier molecular flexibility index (Phi) is 4.49. The zero-order valence-corrected chi connectivity index (χ0v) is 11.5. The number of nitrogens with zero attached hydrogens (tertiary/aromatic N) is 1. The van der Waals surface area contributed by atoms with Crippen molar-refractivity contribution in [3.8, 4) is 5.75 Å². The summed E-state index contributed by atoms with van der Waals surface area (Å²) < 4.78 is 19.2. The highest BCUT2D eigenvalue weighted by Crippen LogP contribution is 2.23. The molecule has 0 bridgehead atoms. The van der Waals surface area contributed by atoms with Crippen LogP contribution in [0, 0.1) is 15.9 Å². The van der Waals surface area contributed by atoms with E-state index in [1.165, 1.54) is 12.1 Å². The van der Waals surface area contributed by atoms with Crippen LogP contribution in [0.2, 0.25) is 0 Å². The fourth-order valence-electron chi connectivity index (χ4n) is 1.94. The Balaban J connectivity index is 2.14. The highest BCUT2D eigenvalue weighted by atomic mass is 19.1. The van der Waals surface area contributed by atoms with Crippen molar-refractivity contribution in [1.82, 2.24) is 0 Å². The van der Waals surface area contributed by atoms with Crippen molar-refractivity contribution in [1.29, 1.82) is 0 Å². The molecule has 0 aromatic heterocycles. The third-order valence-electron chi connectivity index (χ3n) is 3.05. The standard InChI is InChI=1S/C15H15FN2O3/c1-10(17)13-7-6-12(8-14(13)16)21-9-11-4-2-3-5-15(11)18(19)20/h2-8,10H,9,17H2,1H3/t10-/m1/s1. The van der Waals surface area contributed by atoms with Gasteiger partial charge in [0.15, 0.2) is 0 Å². The molecule has 5 nitrogen and oxygen atoms in total. The summed E-state index contributed by atoms with van der Waals surface area (Å²) in [7, 11) is 0. The molecule has 0 aliphatic carbocycles. The van der Waals surface area contributed by atoms with E-state index in [-0.39, 0.29) is 12.3 Å². The predicted octanol–water partition coefficient (Wildman–Crippen LogP) is 3.33. The smallest absolute Gasteiger partial charge is 0.276 e. The molecule has 0 aliphatic rings. The Hall–Kier alpha value is -2.47. The second-order valence-electron chi connectivity index (χ2n) is 4.65. The van der Waals surface area contributed by atoms with Gasteiger partial charge in [0.25, 0.3) is 5.69 Å². The van der Waals surface area contributed by atoms with E-state index in [1.807, 2.05) is 0 Å². The summed E-state index contributed by atoms with van der Waals surface area (Å²) in [5.74, 6) is -0.153. The van der Waals surface area contributed by atoms with E-state index in [2.05, 4.69) is 0 Å². The summed E-state index contributed by atoms with van der Waals surface area (Å²) in [6.07, 6.45) is 0. The van der Waals surface area contributed by atoms with Gasteiger partial charge in [-0.2, -0.15) is 0 Å². The van der Waals surface area contributed by atoms with Gasteiger partial charge in [-0.3, -0.25) is 10.1 Å². The van der Waals surface area contributed by atoms with Crippen LogP contribution >= 0.6 is 0 Å². The maximum Gasteiger partial charge on any atom is 0.276 e. The summed E-state index contributed by atoms with van der Waals surface area (Å²) in [5.41, 5.74) is 6.43. The van der Waals surface area contributed by atoms with Gasteiger partial charge in [0.2, 0.25) is 0 Å². The van der Waals surface area contributed by atoms with Gasteiger partial charge in [0.05, 0.1) is 10.5 Å². The van der Waals surface area contributed by atoms with Crippen LogP contribution in [0.1, 0.15) is 24.1 Å². The van der Waals surface area contributed by atoms with Crippen LogP contribution in [0.4, 0.5) is 10.1 Å². The molecule has 110 valence electrons. The van der Waals surface area contributed by atoms with Gasteiger partial charge in [-0.1, -0.05) is 18.2 Å². The number of nitro groups is 1. The van der Waals surface area contributed by atoms with Gasteiger partial charge in [-0.25, -0.2) is 4.39 Å². The summed E-state index contributed by atoms with van der Waals surface area (Å²) in [4.78, 5) is 10.4. The molecule has 0 heterocycles. The first kappa shape index (κ1) is 14.9. The largest absolute Gasteiger partial charge is 0.489 e. The average Bonchev–Trinajstić information content (AvgIpc) is 2.45. The number of para-hydroxylation sites is 1. The fourth-order valence-corrected chi connectivity index (χ4v) is 1.94. The lowest BCUT2D eigenvalue weighted by Crippen LogP contribution is -2.07. The molecule has 2 aromatic carbocycles. The molecule has 0 unspecified atom stereocenters. The Labute approximate surface area is 121 Å². The zero-order chi connectivity index (χ0) is 15.4. The first-order valence-electron chi connectivity index (χ1n) is 6.39. The van der Waals surface area contributed by atoms with Crippen LogP contribution in [0.5, 0.6) is 5.75 Å². The van der Waals surface area contributed by atoms with Gasteiger partial charge in [0.1, 0.15) is 18.2 Å². The zero-order valence-electron chi connectivity index (χ0n) is 11.5. The molecule has 2 N–H and O–H groups in total. The van der Waals surface area contributed by atoms with E-state index in [4.69, 9.17) is 10.5 Å². The molecule has 0 saturated carbocycles. The molecule has 0 amide bonds. The van der Waals surface area contributed by atoms with E-state index in [0.29, 0.717) is 16.9 Å². The highest BCUT2D eigenvalue weighted by Gasteiger charge is 2.13. The number of hydrogen-bond donors (Lipinski definition) is 1. The number of rotatable bonds is 5. The predicted molar refractivity (Wildman–Crippen MR) is 76.4 cm³/mol. The second-order valence-corrected chi connectivity index (χ2v) is 4.65. The number of benzene rings is 2. The quantitative estimate of drug-likeness (QED) is 0.676. The number of ether oxygens (including phenoxy) is 1. The van der Waals surface area contributed by atoms with Crippen molar-refractivity contribution in [3.63, 3.8) is 0 Å². The van der Waals surface area contributed by atoms with Crippen molar-refractivity contribution in [2.45, 2.75) is 19.6 Å². The van der Waals surface area contributed by atoms with Crippen molar-refractivity contribution >= 4 is 5.69 Å². The molecule has 1 atom stereocenters. The molecule has 0 radical (unpaired) electrons. The number of hydrogen-bond acceptors (Lipinski definition) is 4. The Bertz CT molecular complexity index is 659. The lowest BCUT2D eigenvalue weighted by Gasteiger charge is -2.10. The molecule has 0 aliphatic heterocycles. The lowest BCUT2D eigenvalue weighted by atomic mass is 10.1. The Morgan fingerprint density at radius 2 is 2.05 bits per heavy atom. The second kappa shape index (κ2) is 6.32.